The highest BCUT2D eigenvalue weighted by Gasteiger charge is 2.30. The van der Waals surface area contributed by atoms with Gasteiger partial charge in [-0.1, -0.05) is 6.07 Å². The summed E-state index contributed by atoms with van der Waals surface area (Å²) in [6.45, 7) is 2.36. The first-order valence-electron chi connectivity index (χ1n) is 8.33. The summed E-state index contributed by atoms with van der Waals surface area (Å²) in [5, 5.41) is 23.7. The third-order valence-electron chi connectivity index (χ3n) is 4.16. The highest BCUT2D eigenvalue weighted by molar-refractivity contribution is 5.98. The minimum Gasteiger partial charge on any atom is -0.493 e. The van der Waals surface area contributed by atoms with Crippen molar-refractivity contribution in [3.63, 3.8) is 0 Å². The van der Waals surface area contributed by atoms with Gasteiger partial charge < -0.3 is 26.3 Å². The van der Waals surface area contributed by atoms with Crippen molar-refractivity contribution in [2.24, 2.45) is 4.99 Å². The van der Waals surface area contributed by atoms with Gasteiger partial charge in [-0.15, -0.1) is 0 Å². The molecule has 0 bridgehead atoms. The summed E-state index contributed by atoms with van der Waals surface area (Å²) in [6.07, 6.45) is 1.81. The fourth-order valence-electron chi connectivity index (χ4n) is 2.95. The third-order valence-corrected chi connectivity index (χ3v) is 4.16. The summed E-state index contributed by atoms with van der Waals surface area (Å²) >= 11 is 0. The van der Waals surface area contributed by atoms with E-state index < -0.39 is 6.04 Å². The van der Waals surface area contributed by atoms with Gasteiger partial charge >= 0.3 is 0 Å². The maximum atomic E-state index is 9.37. The quantitative estimate of drug-likeness (QED) is 0.454. The molecular weight excluding hydrogens is 360 g/mol. The molecule has 0 saturated carbocycles. The number of fused-ring (bicyclic) bond motifs is 1. The molecule has 1 unspecified atom stereocenters. The van der Waals surface area contributed by atoms with Crippen LogP contribution in [-0.2, 0) is 0 Å². The number of methoxy groups -OCH3 is 1. The number of guanidine groups is 1. The van der Waals surface area contributed by atoms with E-state index in [0.29, 0.717) is 35.1 Å². The highest BCUT2D eigenvalue weighted by Crippen LogP contribution is 2.42. The second-order valence-electron chi connectivity index (χ2n) is 5.75. The van der Waals surface area contributed by atoms with Gasteiger partial charge in [-0.3, -0.25) is 5.32 Å². The number of benzene rings is 1. The molecule has 0 fully saturated rings. The Labute approximate surface area is 161 Å². The first-order valence-corrected chi connectivity index (χ1v) is 8.33. The maximum Gasteiger partial charge on any atom is 0.211 e. The zero-order valence-corrected chi connectivity index (χ0v) is 15.3. The van der Waals surface area contributed by atoms with E-state index in [2.05, 4.69) is 20.6 Å². The molecule has 2 aromatic rings. The summed E-state index contributed by atoms with van der Waals surface area (Å²) in [5.41, 5.74) is 13.5. The van der Waals surface area contributed by atoms with Gasteiger partial charge in [0.05, 0.1) is 19.4 Å². The molecule has 6 N–H and O–H groups in total. The number of aliphatic imine (C=N–C) groups is 1. The number of nitrogens with two attached hydrogens (primary N) is 2. The van der Waals surface area contributed by atoms with Crippen LogP contribution in [0.25, 0.3) is 0 Å². The van der Waals surface area contributed by atoms with Crippen LogP contribution in [0.2, 0.25) is 0 Å². The van der Waals surface area contributed by atoms with Gasteiger partial charge in [0, 0.05) is 5.56 Å². The van der Waals surface area contributed by atoms with Crippen LogP contribution in [0.1, 0.15) is 29.7 Å². The Morgan fingerprint density at radius 3 is 2.71 bits per heavy atom. The average Bonchev–Trinajstić information content (AvgIpc) is 2.68. The largest absolute Gasteiger partial charge is 0.493 e. The number of nitrogen functional groups attached to an aromatic ring is 2. The molecule has 3 rings (SSSR count). The Kier molecular flexibility index (Phi) is 5.05. The van der Waals surface area contributed by atoms with E-state index in [4.69, 9.17) is 26.2 Å². The van der Waals surface area contributed by atoms with Crippen molar-refractivity contribution < 1.29 is 9.47 Å². The van der Waals surface area contributed by atoms with Gasteiger partial charge in [0.25, 0.3) is 0 Å². The molecule has 28 heavy (non-hydrogen) atoms. The molecule has 10 nitrogen and oxygen atoms in total. The van der Waals surface area contributed by atoms with E-state index in [0.717, 1.165) is 0 Å². The van der Waals surface area contributed by atoms with E-state index in [1.807, 2.05) is 25.3 Å². The smallest absolute Gasteiger partial charge is 0.211 e. The number of nitriles is 2. The summed E-state index contributed by atoms with van der Waals surface area (Å²) in [7, 11) is 1.54. The van der Waals surface area contributed by atoms with Crippen molar-refractivity contribution in [3.05, 3.63) is 34.9 Å². The van der Waals surface area contributed by atoms with Crippen LogP contribution >= 0.6 is 0 Å². The molecule has 1 aromatic heterocycles. The molecule has 1 aliphatic heterocycles. The van der Waals surface area contributed by atoms with Crippen LogP contribution in [0.3, 0.4) is 0 Å². The van der Waals surface area contributed by atoms with Crippen molar-refractivity contribution >= 4 is 23.3 Å². The van der Waals surface area contributed by atoms with Crippen molar-refractivity contribution in [3.8, 4) is 23.8 Å². The lowest BCUT2D eigenvalue weighted by atomic mass is 9.95. The summed E-state index contributed by atoms with van der Waals surface area (Å²) in [6, 6.07) is 6.66. The molecule has 0 radical (unpaired) electrons. The number of hydrogen-bond acceptors (Lipinski definition) is 10. The minimum absolute atomic E-state index is 0.00696. The average molecular weight is 378 g/mol. The molecule has 0 aliphatic carbocycles. The number of aromatic nitrogens is 1. The summed E-state index contributed by atoms with van der Waals surface area (Å²) in [5.74, 6) is 1.60. The van der Waals surface area contributed by atoms with Gasteiger partial charge in [-0.2, -0.15) is 10.5 Å². The van der Waals surface area contributed by atoms with Gasteiger partial charge in [0.15, 0.2) is 17.7 Å². The number of ether oxygens (including phenoxy) is 2. The van der Waals surface area contributed by atoms with Crippen molar-refractivity contribution in [2.45, 2.75) is 13.0 Å². The van der Waals surface area contributed by atoms with E-state index in [1.54, 1.807) is 12.1 Å². The van der Waals surface area contributed by atoms with E-state index >= 15 is 0 Å². The molecule has 1 aliphatic rings. The number of nitrogens with one attached hydrogen (secondary N) is 2. The van der Waals surface area contributed by atoms with Crippen molar-refractivity contribution in [2.75, 3.05) is 30.5 Å². The van der Waals surface area contributed by atoms with Gasteiger partial charge in [0.1, 0.15) is 29.3 Å². The van der Waals surface area contributed by atoms with E-state index in [-0.39, 0.29) is 23.0 Å². The van der Waals surface area contributed by atoms with E-state index in [1.165, 1.54) is 7.11 Å². The molecule has 0 spiro atoms. The predicted octanol–water partition coefficient (Wildman–Crippen LogP) is 1.47. The lowest BCUT2D eigenvalue weighted by molar-refractivity contribution is 0.310. The van der Waals surface area contributed by atoms with Crippen LogP contribution in [0.15, 0.2) is 23.2 Å². The monoisotopic (exact) mass is 378 g/mol. The zero-order chi connectivity index (χ0) is 20.3. The molecule has 10 heteroatoms. The molecule has 1 atom stereocenters. The number of hydrogen-bond donors (Lipinski definition) is 4. The third kappa shape index (κ3) is 3.15. The van der Waals surface area contributed by atoms with E-state index in [9.17, 15) is 5.26 Å². The second-order valence-corrected chi connectivity index (χ2v) is 5.75. The predicted molar refractivity (Wildman–Crippen MR) is 104 cm³/mol. The number of nitrogens with zero attached hydrogens (tertiary/aromatic N) is 4. The van der Waals surface area contributed by atoms with Crippen LogP contribution in [0, 0.1) is 22.8 Å². The van der Waals surface area contributed by atoms with Gasteiger partial charge in [-0.25, -0.2) is 9.98 Å². The molecular formula is C18H18N8O2. The Morgan fingerprint density at radius 1 is 1.29 bits per heavy atom. The Morgan fingerprint density at radius 2 is 2.07 bits per heavy atom. The summed E-state index contributed by atoms with van der Waals surface area (Å²) in [4.78, 5) is 8.73. The normalized spacial score (nSPS) is 14.6. The number of anilines is 3. The zero-order valence-electron chi connectivity index (χ0n) is 15.3. The summed E-state index contributed by atoms with van der Waals surface area (Å²) < 4.78 is 11.0. The van der Waals surface area contributed by atoms with Crippen molar-refractivity contribution in [1.29, 1.82) is 10.5 Å². The maximum absolute atomic E-state index is 9.37. The number of pyridine rings is 1. The number of rotatable bonds is 4. The molecule has 0 saturated heterocycles. The lowest BCUT2D eigenvalue weighted by Gasteiger charge is -2.26. The first kappa shape index (κ1) is 18.6. The highest BCUT2D eigenvalue weighted by atomic mass is 16.5. The molecule has 1 aromatic carbocycles. The van der Waals surface area contributed by atoms with Gasteiger partial charge in [-0.05, 0) is 24.6 Å². The first-order chi connectivity index (χ1) is 13.5. The molecule has 142 valence electrons. The minimum atomic E-state index is -0.642. The van der Waals surface area contributed by atoms with Crippen LogP contribution in [0.4, 0.5) is 17.3 Å². The Balaban J connectivity index is 2.20. The molecule has 0 amide bonds. The standard InChI is InChI=1S/C18H18N8O2/c1-3-28-11-5-4-9(6-12(11)27-2)15-13-14(21)10(7-19)16(22)25-17(13)26-18(24-15)23-8-20/h4-6,15H,3H2,1-2H3,(H6,21,22,23,24,25,26). The van der Waals surface area contributed by atoms with Gasteiger partial charge in [0.2, 0.25) is 5.96 Å². The SMILES string of the molecule is CCOc1ccc(C2N=C(NC#N)Nc3nc(N)c(C#N)c(N)c32)cc1OC. The van der Waals surface area contributed by atoms with Crippen LogP contribution < -0.4 is 31.6 Å². The second kappa shape index (κ2) is 7.60. The fraction of sp³-hybridized carbons (Fsp3) is 0.222. The topological polar surface area (TPSA) is 167 Å². The Hall–Kier alpha value is -4.18. The fourth-order valence-corrected chi connectivity index (χ4v) is 2.95. The van der Waals surface area contributed by atoms with Crippen molar-refractivity contribution in [1.82, 2.24) is 10.3 Å². The van der Waals surface area contributed by atoms with Crippen LogP contribution in [-0.4, -0.2) is 24.7 Å². The van der Waals surface area contributed by atoms with Crippen LogP contribution in [0.5, 0.6) is 11.5 Å². The lowest BCUT2D eigenvalue weighted by Crippen LogP contribution is -2.32. The Bertz CT molecular complexity index is 1040. The molecule has 2 heterocycles.